The van der Waals surface area contributed by atoms with E-state index >= 15 is 0 Å². The molecule has 1 atom stereocenters. The molecule has 0 unspecified atom stereocenters. The number of hydrogen-bond acceptors (Lipinski definition) is 1. The molecule has 4 heteroatoms. The van der Waals surface area contributed by atoms with Gasteiger partial charge in [-0.2, -0.15) is 0 Å². The van der Waals surface area contributed by atoms with Crippen molar-refractivity contribution in [2.75, 3.05) is 0 Å². The quantitative estimate of drug-likeness (QED) is 0.689. The first-order chi connectivity index (χ1) is 9.08. The molecule has 0 saturated carbocycles. The van der Waals surface area contributed by atoms with Crippen molar-refractivity contribution in [1.29, 1.82) is 0 Å². The number of nitrogens with one attached hydrogen (secondary N) is 1. The number of benzene rings is 2. The minimum absolute atomic E-state index is 0.265. The summed E-state index contributed by atoms with van der Waals surface area (Å²) in [6.07, 6.45) is 0. The third-order valence-electron chi connectivity index (χ3n) is 2.98. The van der Waals surface area contributed by atoms with Crippen molar-refractivity contribution in [3.8, 4) is 0 Å². The van der Waals surface area contributed by atoms with E-state index in [0.717, 1.165) is 26.1 Å². The molecule has 2 aromatic rings. The molecule has 0 spiro atoms. The van der Waals surface area contributed by atoms with E-state index in [1.165, 1.54) is 5.56 Å². The molecule has 0 aliphatic rings. The zero-order chi connectivity index (χ0) is 13.8. The highest BCUT2D eigenvalue weighted by atomic mass is 79.9. The minimum atomic E-state index is 0.265. The lowest BCUT2D eigenvalue weighted by molar-refractivity contribution is 0.572. The van der Waals surface area contributed by atoms with Gasteiger partial charge in [-0.1, -0.05) is 61.7 Å². The Morgan fingerprint density at radius 1 is 1.11 bits per heavy atom. The van der Waals surface area contributed by atoms with Gasteiger partial charge in [-0.15, -0.1) is 0 Å². The summed E-state index contributed by atoms with van der Waals surface area (Å²) in [5.41, 5.74) is 2.41. The fourth-order valence-corrected chi connectivity index (χ4v) is 3.09. The average molecular weight is 404 g/mol. The molecule has 0 aliphatic heterocycles. The van der Waals surface area contributed by atoms with E-state index in [2.05, 4.69) is 56.2 Å². The predicted molar refractivity (Wildman–Crippen MR) is 88.5 cm³/mol. The molecule has 0 radical (unpaired) electrons. The van der Waals surface area contributed by atoms with Gasteiger partial charge >= 0.3 is 0 Å². The van der Waals surface area contributed by atoms with Crippen LogP contribution in [0.25, 0.3) is 0 Å². The van der Waals surface area contributed by atoms with Crippen molar-refractivity contribution in [2.45, 2.75) is 19.5 Å². The van der Waals surface area contributed by atoms with Crippen LogP contribution < -0.4 is 5.32 Å². The van der Waals surface area contributed by atoms with E-state index in [-0.39, 0.29) is 6.04 Å². The molecule has 0 amide bonds. The van der Waals surface area contributed by atoms with Crippen LogP contribution in [0.4, 0.5) is 0 Å². The van der Waals surface area contributed by atoms with Gasteiger partial charge in [-0.05, 0) is 42.3 Å². The first kappa shape index (κ1) is 15.0. The van der Waals surface area contributed by atoms with Gasteiger partial charge < -0.3 is 5.32 Å². The first-order valence-electron chi connectivity index (χ1n) is 5.99. The lowest BCUT2D eigenvalue weighted by Crippen LogP contribution is -2.18. The fourth-order valence-electron chi connectivity index (χ4n) is 1.88. The highest BCUT2D eigenvalue weighted by Crippen LogP contribution is 2.25. The van der Waals surface area contributed by atoms with Crippen molar-refractivity contribution < 1.29 is 0 Å². The lowest BCUT2D eigenvalue weighted by Gasteiger charge is -2.16. The molecule has 0 aliphatic carbocycles. The summed E-state index contributed by atoms with van der Waals surface area (Å²) in [4.78, 5) is 0. The fraction of sp³-hybridized carbons (Fsp3) is 0.200. The van der Waals surface area contributed by atoms with Gasteiger partial charge in [-0.25, -0.2) is 0 Å². The van der Waals surface area contributed by atoms with E-state index in [1.807, 2.05) is 30.3 Å². The average Bonchev–Trinajstić information content (AvgIpc) is 2.40. The van der Waals surface area contributed by atoms with Crippen LogP contribution in [0.2, 0.25) is 5.02 Å². The molecule has 2 rings (SSSR count). The Hall–Kier alpha value is -0.350. The standard InChI is InChI=1S/C15H14Br2ClN/c1-10(13-4-2-3-5-15(13)17)19-9-11-8-12(18)6-7-14(11)16/h2-8,10,19H,9H2,1H3/t10-/m1/s1. The maximum atomic E-state index is 6.02. The van der Waals surface area contributed by atoms with Crippen LogP contribution in [0.15, 0.2) is 51.4 Å². The third kappa shape index (κ3) is 4.06. The highest BCUT2D eigenvalue weighted by molar-refractivity contribution is 9.10. The van der Waals surface area contributed by atoms with Crippen molar-refractivity contribution in [1.82, 2.24) is 5.32 Å². The summed E-state index contributed by atoms with van der Waals surface area (Å²) in [6, 6.07) is 14.3. The minimum Gasteiger partial charge on any atom is -0.306 e. The van der Waals surface area contributed by atoms with E-state index in [0.29, 0.717) is 0 Å². The molecule has 0 heterocycles. The second kappa shape index (κ2) is 6.89. The molecular weight excluding hydrogens is 389 g/mol. The number of rotatable bonds is 4. The van der Waals surface area contributed by atoms with Gasteiger partial charge in [0.2, 0.25) is 0 Å². The van der Waals surface area contributed by atoms with Crippen molar-refractivity contribution in [3.05, 3.63) is 67.6 Å². The molecule has 0 saturated heterocycles. The molecule has 0 aromatic heterocycles. The van der Waals surface area contributed by atoms with E-state index in [4.69, 9.17) is 11.6 Å². The largest absolute Gasteiger partial charge is 0.306 e. The summed E-state index contributed by atoms with van der Waals surface area (Å²) < 4.78 is 2.20. The zero-order valence-corrected chi connectivity index (χ0v) is 14.4. The molecule has 1 N–H and O–H groups in total. The smallest absolute Gasteiger partial charge is 0.0410 e. The maximum absolute atomic E-state index is 6.02. The molecule has 0 fully saturated rings. The van der Waals surface area contributed by atoms with Gasteiger partial charge in [-0.3, -0.25) is 0 Å². The normalized spacial score (nSPS) is 12.4. The Labute approximate surface area is 135 Å². The summed E-state index contributed by atoms with van der Waals surface area (Å²) in [5, 5.41) is 4.26. The Balaban J connectivity index is 2.06. The van der Waals surface area contributed by atoms with Gasteiger partial charge in [0.05, 0.1) is 0 Å². The van der Waals surface area contributed by atoms with Crippen molar-refractivity contribution in [2.24, 2.45) is 0 Å². The van der Waals surface area contributed by atoms with Gasteiger partial charge in [0.1, 0.15) is 0 Å². The summed E-state index contributed by atoms with van der Waals surface area (Å²) >= 11 is 13.1. The molecular formula is C15H14Br2ClN. The van der Waals surface area contributed by atoms with E-state index in [1.54, 1.807) is 0 Å². The molecule has 0 bridgehead atoms. The van der Waals surface area contributed by atoms with Crippen LogP contribution in [0.5, 0.6) is 0 Å². The zero-order valence-electron chi connectivity index (χ0n) is 10.5. The molecule has 19 heavy (non-hydrogen) atoms. The first-order valence-corrected chi connectivity index (χ1v) is 7.96. The van der Waals surface area contributed by atoms with Crippen molar-refractivity contribution >= 4 is 43.5 Å². The maximum Gasteiger partial charge on any atom is 0.0410 e. The lowest BCUT2D eigenvalue weighted by atomic mass is 10.1. The summed E-state index contributed by atoms with van der Waals surface area (Å²) in [7, 11) is 0. The van der Waals surface area contributed by atoms with Crippen LogP contribution >= 0.6 is 43.5 Å². The monoisotopic (exact) mass is 401 g/mol. The second-order valence-corrected chi connectivity index (χ2v) is 6.50. The number of halogens is 3. The van der Waals surface area contributed by atoms with Crippen LogP contribution in [-0.2, 0) is 6.54 Å². The second-order valence-electron chi connectivity index (χ2n) is 4.36. The SMILES string of the molecule is C[C@@H](NCc1cc(Cl)ccc1Br)c1ccccc1Br. The summed E-state index contributed by atoms with van der Waals surface area (Å²) in [6.45, 7) is 2.92. The Bertz CT molecular complexity index is 572. The van der Waals surface area contributed by atoms with Crippen LogP contribution in [0, 0.1) is 0 Å². The van der Waals surface area contributed by atoms with Crippen LogP contribution in [0.3, 0.4) is 0 Å². The summed E-state index contributed by atoms with van der Waals surface area (Å²) in [5.74, 6) is 0. The molecule has 2 aromatic carbocycles. The highest BCUT2D eigenvalue weighted by Gasteiger charge is 2.09. The molecule has 100 valence electrons. The van der Waals surface area contributed by atoms with Gasteiger partial charge in [0.15, 0.2) is 0 Å². The third-order valence-corrected chi connectivity index (χ3v) is 4.71. The predicted octanol–water partition coefficient (Wildman–Crippen LogP) is 5.72. The van der Waals surface area contributed by atoms with Crippen molar-refractivity contribution in [3.63, 3.8) is 0 Å². The Morgan fingerprint density at radius 3 is 2.58 bits per heavy atom. The Kier molecular flexibility index (Phi) is 5.46. The van der Waals surface area contributed by atoms with E-state index < -0.39 is 0 Å². The molecule has 1 nitrogen and oxygen atoms in total. The topological polar surface area (TPSA) is 12.0 Å². The Morgan fingerprint density at radius 2 is 1.84 bits per heavy atom. The van der Waals surface area contributed by atoms with Crippen LogP contribution in [-0.4, -0.2) is 0 Å². The van der Waals surface area contributed by atoms with Gasteiger partial charge in [0.25, 0.3) is 0 Å². The van der Waals surface area contributed by atoms with E-state index in [9.17, 15) is 0 Å². The van der Waals surface area contributed by atoms with Gasteiger partial charge in [0, 0.05) is 26.6 Å². The van der Waals surface area contributed by atoms with Crippen LogP contribution in [0.1, 0.15) is 24.1 Å². The number of hydrogen-bond donors (Lipinski definition) is 1.